The molecule has 0 amide bonds. The molecule has 4 N–H and O–H groups in total. The highest BCUT2D eigenvalue weighted by molar-refractivity contribution is 5.58. The fourth-order valence-electron chi connectivity index (χ4n) is 4.30. The van der Waals surface area contributed by atoms with Gasteiger partial charge in [0.2, 0.25) is 0 Å². The molecule has 2 heterocycles. The first kappa shape index (κ1) is 20.3. The molecule has 0 saturated carbocycles. The van der Waals surface area contributed by atoms with Gasteiger partial charge in [-0.05, 0) is 42.5 Å². The number of aliphatic hydroxyl groups is 4. The van der Waals surface area contributed by atoms with Gasteiger partial charge in [0.15, 0.2) is 0 Å². The number of hydrogen-bond donors (Lipinski definition) is 4. The lowest BCUT2D eigenvalue weighted by Crippen LogP contribution is -2.55. The summed E-state index contributed by atoms with van der Waals surface area (Å²) in [6.07, 6.45) is -3.61. The Morgan fingerprint density at radius 3 is 2.48 bits per heavy atom. The first-order valence-corrected chi connectivity index (χ1v) is 10.2. The molecule has 1 saturated heterocycles. The van der Waals surface area contributed by atoms with Gasteiger partial charge in [0.25, 0.3) is 0 Å². The van der Waals surface area contributed by atoms with E-state index in [0.717, 1.165) is 37.2 Å². The predicted octanol–water partition coefficient (Wildman–Crippen LogP) is 1.46. The van der Waals surface area contributed by atoms with Gasteiger partial charge < -0.3 is 30.1 Å². The number of ether oxygens (including phenoxy) is 1. The molecule has 156 valence electrons. The molecule has 1 fully saturated rings. The van der Waals surface area contributed by atoms with Crippen LogP contribution in [0.15, 0.2) is 42.5 Å². The van der Waals surface area contributed by atoms with E-state index in [1.807, 2.05) is 18.2 Å². The maximum absolute atomic E-state index is 10.5. The Balaban J connectivity index is 1.61. The van der Waals surface area contributed by atoms with Gasteiger partial charge in [0, 0.05) is 18.8 Å². The zero-order valence-electron chi connectivity index (χ0n) is 16.6. The highest BCUT2D eigenvalue weighted by Gasteiger charge is 2.44. The van der Waals surface area contributed by atoms with Gasteiger partial charge in [0.1, 0.15) is 30.5 Å². The highest BCUT2D eigenvalue weighted by atomic mass is 16.5. The van der Waals surface area contributed by atoms with Gasteiger partial charge in [-0.3, -0.25) is 0 Å². The molecule has 0 unspecified atom stereocenters. The van der Waals surface area contributed by atoms with Crippen molar-refractivity contribution in [1.29, 1.82) is 0 Å². The molecule has 29 heavy (non-hydrogen) atoms. The second-order valence-corrected chi connectivity index (χ2v) is 8.15. The Bertz CT molecular complexity index is 838. The number of nitrogens with zero attached hydrogens (tertiary/aromatic N) is 1. The molecule has 5 atom stereocenters. The summed E-state index contributed by atoms with van der Waals surface area (Å²) in [5, 5.41) is 40.1. The van der Waals surface area contributed by atoms with Crippen molar-refractivity contribution in [2.45, 2.75) is 56.8 Å². The van der Waals surface area contributed by atoms with Crippen molar-refractivity contribution < 1.29 is 25.2 Å². The molecular formula is C23H29NO5. The lowest BCUT2D eigenvalue weighted by Gasteiger charge is -2.41. The van der Waals surface area contributed by atoms with E-state index in [4.69, 9.17) is 4.74 Å². The standard InChI is InChI=1S/C23H29NO5/c1-14-4-6-15(7-5-14)12-24-10-2-3-16-8-9-17(11-18(16)24)23-22(28)21(27)20(26)19(13-25)29-23/h4-9,11,19-23,25-28H,2-3,10,12-13H2,1H3/t19-,20-,21+,22-,23+/m1/s1. The lowest BCUT2D eigenvalue weighted by atomic mass is 9.89. The van der Waals surface area contributed by atoms with Crippen LogP contribution in [0.2, 0.25) is 0 Å². The monoisotopic (exact) mass is 399 g/mol. The van der Waals surface area contributed by atoms with E-state index in [-0.39, 0.29) is 0 Å². The largest absolute Gasteiger partial charge is 0.394 e. The van der Waals surface area contributed by atoms with E-state index < -0.39 is 37.1 Å². The summed E-state index contributed by atoms with van der Waals surface area (Å²) in [4.78, 5) is 2.33. The summed E-state index contributed by atoms with van der Waals surface area (Å²) in [6, 6.07) is 14.5. The van der Waals surface area contributed by atoms with E-state index in [0.29, 0.717) is 0 Å². The van der Waals surface area contributed by atoms with Crippen LogP contribution in [0.3, 0.4) is 0 Å². The Kier molecular flexibility index (Phi) is 5.90. The van der Waals surface area contributed by atoms with Crippen LogP contribution in [-0.2, 0) is 17.7 Å². The molecule has 0 aliphatic carbocycles. The van der Waals surface area contributed by atoms with E-state index in [1.54, 1.807) is 0 Å². The Labute approximate surface area is 171 Å². The van der Waals surface area contributed by atoms with Crippen molar-refractivity contribution in [3.63, 3.8) is 0 Å². The molecular weight excluding hydrogens is 370 g/mol. The van der Waals surface area contributed by atoms with Gasteiger partial charge in [0.05, 0.1) is 6.61 Å². The fourth-order valence-corrected chi connectivity index (χ4v) is 4.30. The number of anilines is 1. The van der Waals surface area contributed by atoms with Gasteiger partial charge >= 0.3 is 0 Å². The average Bonchev–Trinajstić information content (AvgIpc) is 2.74. The van der Waals surface area contributed by atoms with Crippen molar-refractivity contribution in [3.05, 3.63) is 64.7 Å². The smallest absolute Gasteiger partial charge is 0.113 e. The molecule has 6 heteroatoms. The van der Waals surface area contributed by atoms with E-state index in [9.17, 15) is 20.4 Å². The fraction of sp³-hybridized carbons (Fsp3) is 0.478. The third-order valence-electron chi connectivity index (χ3n) is 6.04. The van der Waals surface area contributed by atoms with Crippen molar-refractivity contribution in [2.24, 2.45) is 0 Å². The minimum atomic E-state index is -1.37. The Morgan fingerprint density at radius 2 is 1.76 bits per heavy atom. The van der Waals surface area contributed by atoms with Crippen LogP contribution in [0, 0.1) is 6.92 Å². The summed E-state index contributed by atoms with van der Waals surface area (Å²) in [7, 11) is 0. The quantitative estimate of drug-likeness (QED) is 0.622. The van der Waals surface area contributed by atoms with Crippen LogP contribution in [0.25, 0.3) is 0 Å². The number of aryl methyl sites for hydroxylation is 2. The maximum atomic E-state index is 10.5. The molecule has 0 bridgehead atoms. The number of aliphatic hydroxyl groups excluding tert-OH is 4. The number of hydrogen-bond acceptors (Lipinski definition) is 6. The van der Waals surface area contributed by atoms with Gasteiger partial charge in [-0.1, -0.05) is 42.0 Å². The second kappa shape index (κ2) is 8.42. The summed E-state index contributed by atoms with van der Waals surface area (Å²) < 4.78 is 5.75. The van der Waals surface area contributed by atoms with Crippen molar-refractivity contribution in [1.82, 2.24) is 0 Å². The summed E-state index contributed by atoms with van der Waals surface area (Å²) in [5.74, 6) is 0. The van der Waals surface area contributed by atoms with Crippen LogP contribution in [0.4, 0.5) is 5.69 Å². The molecule has 6 nitrogen and oxygen atoms in total. The van der Waals surface area contributed by atoms with Crippen molar-refractivity contribution in [2.75, 3.05) is 18.1 Å². The van der Waals surface area contributed by atoms with Crippen LogP contribution < -0.4 is 4.90 Å². The normalized spacial score (nSPS) is 29.6. The van der Waals surface area contributed by atoms with Crippen LogP contribution >= 0.6 is 0 Å². The lowest BCUT2D eigenvalue weighted by molar-refractivity contribution is -0.231. The van der Waals surface area contributed by atoms with E-state index >= 15 is 0 Å². The molecule has 0 radical (unpaired) electrons. The second-order valence-electron chi connectivity index (χ2n) is 8.15. The van der Waals surface area contributed by atoms with Gasteiger partial charge in [-0.2, -0.15) is 0 Å². The summed E-state index contributed by atoms with van der Waals surface area (Å²) in [6.45, 7) is 3.39. The molecule has 0 aromatic heterocycles. The zero-order chi connectivity index (χ0) is 20.5. The van der Waals surface area contributed by atoms with Gasteiger partial charge in [-0.25, -0.2) is 0 Å². The van der Waals surface area contributed by atoms with Crippen molar-refractivity contribution in [3.8, 4) is 0 Å². The topological polar surface area (TPSA) is 93.4 Å². The predicted molar refractivity (Wildman–Crippen MR) is 110 cm³/mol. The Morgan fingerprint density at radius 1 is 1.00 bits per heavy atom. The highest BCUT2D eigenvalue weighted by Crippen LogP contribution is 2.37. The van der Waals surface area contributed by atoms with E-state index in [2.05, 4.69) is 36.1 Å². The average molecular weight is 399 g/mol. The summed E-state index contributed by atoms with van der Waals surface area (Å²) >= 11 is 0. The van der Waals surface area contributed by atoms with Crippen LogP contribution in [0.5, 0.6) is 0 Å². The zero-order valence-corrected chi connectivity index (χ0v) is 16.6. The Hall–Kier alpha value is -1.96. The molecule has 0 spiro atoms. The molecule has 2 aromatic rings. The molecule has 2 aliphatic rings. The molecule has 2 aliphatic heterocycles. The molecule has 4 rings (SSSR count). The third-order valence-corrected chi connectivity index (χ3v) is 6.04. The number of benzene rings is 2. The minimum absolute atomic E-state index is 0.425. The molecule has 2 aromatic carbocycles. The minimum Gasteiger partial charge on any atom is -0.394 e. The third kappa shape index (κ3) is 4.04. The SMILES string of the molecule is Cc1ccc(CN2CCCc3ccc([C@@H]4O[C@H](CO)[C@@H](O)[C@H](O)[C@H]4O)cc32)cc1. The van der Waals surface area contributed by atoms with Gasteiger partial charge in [-0.15, -0.1) is 0 Å². The first-order chi connectivity index (χ1) is 14.0. The van der Waals surface area contributed by atoms with E-state index in [1.165, 1.54) is 16.7 Å². The number of fused-ring (bicyclic) bond motifs is 1. The van der Waals surface area contributed by atoms with Crippen LogP contribution in [0.1, 0.15) is 34.8 Å². The van der Waals surface area contributed by atoms with Crippen molar-refractivity contribution >= 4 is 5.69 Å². The van der Waals surface area contributed by atoms with Crippen LogP contribution in [-0.4, -0.2) is 58.0 Å². The maximum Gasteiger partial charge on any atom is 0.113 e. The first-order valence-electron chi connectivity index (χ1n) is 10.2. The number of rotatable bonds is 4. The summed E-state index contributed by atoms with van der Waals surface area (Å²) in [5.41, 5.74) is 5.55.